The first-order chi connectivity index (χ1) is 18.2. The van der Waals surface area contributed by atoms with Gasteiger partial charge in [0.1, 0.15) is 23.4 Å². The lowest BCUT2D eigenvalue weighted by Gasteiger charge is -2.23. The number of methoxy groups -OCH3 is 1. The van der Waals surface area contributed by atoms with Gasteiger partial charge in [-0.1, -0.05) is 30.2 Å². The molecule has 0 spiro atoms. The number of ether oxygens (including phenoxy) is 2. The average molecular weight is 517 g/mol. The monoisotopic (exact) mass is 516 g/mol. The number of benzene rings is 3. The van der Waals surface area contributed by atoms with Crippen molar-refractivity contribution >= 4 is 22.8 Å². The summed E-state index contributed by atoms with van der Waals surface area (Å²) in [5.74, 6) is 5.30. The largest absolute Gasteiger partial charge is 0.497 e. The predicted octanol–water partition coefficient (Wildman–Crippen LogP) is 5.76. The molecule has 8 nitrogen and oxygen atoms in total. The van der Waals surface area contributed by atoms with Crippen LogP contribution in [0.5, 0.6) is 17.4 Å². The molecular weight excluding hydrogens is 491 g/mol. The lowest BCUT2D eigenvalue weighted by atomic mass is 9.98. The highest BCUT2D eigenvalue weighted by Crippen LogP contribution is 2.26. The van der Waals surface area contributed by atoms with Crippen LogP contribution in [0.3, 0.4) is 0 Å². The summed E-state index contributed by atoms with van der Waals surface area (Å²) in [5, 5.41) is 2.60. The quantitative estimate of drug-likeness (QED) is 0.258. The molecule has 4 rings (SSSR count). The number of hydrogen-bond donors (Lipinski definition) is 1. The van der Waals surface area contributed by atoms with Crippen LogP contribution < -0.4 is 15.2 Å². The van der Waals surface area contributed by atoms with E-state index < -0.39 is 24.0 Å². The van der Waals surface area contributed by atoms with Gasteiger partial charge < -0.3 is 24.5 Å². The third-order valence-electron chi connectivity index (χ3n) is 5.70. The van der Waals surface area contributed by atoms with Gasteiger partial charge in [0.25, 0.3) is 5.95 Å². The molecule has 194 valence electrons. The van der Waals surface area contributed by atoms with Crippen LogP contribution in [-0.4, -0.2) is 30.2 Å². The molecule has 4 aromatic rings. The van der Waals surface area contributed by atoms with Crippen LogP contribution in [-0.2, 0) is 9.63 Å². The van der Waals surface area contributed by atoms with Gasteiger partial charge in [0.2, 0.25) is 0 Å². The van der Waals surface area contributed by atoms with Crippen molar-refractivity contribution in [2.24, 2.45) is 5.73 Å². The van der Waals surface area contributed by atoms with Crippen molar-refractivity contribution in [2.75, 3.05) is 7.11 Å². The van der Waals surface area contributed by atoms with Crippen LogP contribution in [0, 0.1) is 17.7 Å². The molecule has 0 saturated heterocycles. The summed E-state index contributed by atoms with van der Waals surface area (Å²) in [4.78, 5) is 30.2. The molecule has 2 atom stereocenters. The van der Waals surface area contributed by atoms with E-state index in [1.165, 1.54) is 24.3 Å². The fourth-order valence-corrected chi connectivity index (χ4v) is 3.56. The highest BCUT2D eigenvalue weighted by atomic mass is 19.1. The maximum atomic E-state index is 13.0. The first kappa shape index (κ1) is 26.1. The van der Waals surface area contributed by atoms with Crippen molar-refractivity contribution in [3.63, 3.8) is 0 Å². The number of nitrogens with two attached hydrogens (primary N) is 1. The van der Waals surface area contributed by atoms with Crippen LogP contribution in [0.15, 0.2) is 77.2 Å². The van der Waals surface area contributed by atoms with Crippen molar-refractivity contribution in [3.05, 3.63) is 89.9 Å². The van der Waals surface area contributed by atoms with E-state index in [1.54, 1.807) is 33.1 Å². The van der Waals surface area contributed by atoms with Gasteiger partial charge in [-0.25, -0.2) is 14.0 Å². The minimum Gasteiger partial charge on any atom is -0.497 e. The number of fused-ring (bicyclic) bond motifs is 1. The number of primary amides is 1. The zero-order valence-electron chi connectivity index (χ0n) is 20.9. The van der Waals surface area contributed by atoms with E-state index in [0.29, 0.717) is 11.3 Å². The lowest BCUT2D eigenvalue weighted by molar-refractivity contribution is -0.181. The van der Waals surface area contributed by atoms with Gasteiger partial charge in [0.05, 0.1) is 13.0 Å². The first-order valence-electron chi connectivity index (χ1n) is 11.7. The van der Waals surface area contributed by atoms with Crippen molar-refractivity contribution in [3.8, 4) is 29.3 Å². The summed E-state index contributed by atoms with van der Waals surface area (Å²) in [6.07, 6.45) is 0. The number of carbonyl (C=O) groups excluding carboxylic acids is 2. The van der Waals surface area contributed by atoms with Gasteiger partial charge in [-0.2, -0.15) is 0 Å². The number of furan rings is 1. The molecule has 38 heavy (non-hydrogen) atoms. The summed E-state index contributed by atoms with van der Waals surface area (Å²) >= 11 is 0. The van der Waals surface area contributed by atoms with Crippen LogP contribution in [0.25, 0.3) is 10.8 Å². The summed E-state index contributed by atoms with van der Waals surface area (Å²) < 4.78 is 29.3. The second-order valence-electron chi connectivity index (χ2n) is 8.39. The molecule has 0 aliphatic rings. The van der Waals surface area contributed by atoms with Crippen molar-refractivity contribution in [1.82, 2.24) is 5.06 Å². The van der Waals surface area contributed by atoms with E-state index in [9.17, 15) is 14.0 Å². The summed E-state index contributed by atoms with van der Waals surface area (Å²) in [7, 11) is 1.60. The number of urea groups is 1. The Labute approximate surface area is 218 Å². The molecular formula is C29H25FN2O6. The maximum absolute atomic E-state index is 13.0. The van der Waals surface area contributed by atoms with E-state index >= 15 is 0 Å². The highest BCUT2D eigenvalue weighted by Gasteiger charge is 2.26. The highest BCUT2D eigenvalue weighted by molar-refractivity contribution is 5.87. The molecule has 2 N–H and O–H groups in total. The van der Waals surface area contributed by atoms with E-state index in [2.05, 4.69) is 11.8 Å². The molecule has 3 aromatic carbocycles. The minimum absolute atomic E-state index is 0.148. The SMILES string of the molecule is COc1ccc2cc(C(C)C(=O)ON(C(N)=O)C(C)C#Cc3ccc(Oc4ccc(F)cc4)o3)ccc2c1. The summed E-state index contributed by atoms with van der Waals surface area (Å²) in [6, 6.07) is 17.9. The Balaban J connectivity index is 1.42. The number of carbonyl (C=O) groups is 2. The third-order valence-corrected chi connectivity index (χ3v) is 5.70. The Morgan fingerprint density at radius 1 is 0.947 bits per heavy atom. The van der Waals surface area contributed by atoms with Crippen molar-refractivity contribution in [2.45, 2.75) is 25.8 Å². The number of halogens is 1. The fraction of sp³-hybridized carbons (Fsp3) is 0.172. The topological polar surface area (TPSA) is 104 Å². The molecule has 0 aliphatic carbocycles. The Hall–Kier alpha value is -4.97. The number of hydrogen-bond acceptors (Lipinski definition) is 6. The number of amides is 2. The van der Waals surface area contributed by atoms with E-state index in [1.807, 2.05) is 36.4 Å². The van der Waals surface area contributed by atoms with Gasteiger partial charge in [-0.3, -0.25) is 0 Å². The molecule has 1 aromatic heterocycles. The Kier molecular flexibility index (Phi) is 7.83. The second-order valence-corrected chi connectivity index (χ2v) is 8.39. The molecule has 1 heterocycles. The van der Waals surface area contributed by atoms with E-state index in [-0.39, 0.29) is 17.5 Å². The number of nitrogens with zero attached hydrogens (tertiary/aromatic N) is 1. The van der Waals surface area contributed by atoms with Crippen LogP contribution in [0.4, 0.5) is 9.18 Å². The Morgan fingerprint density at radius 3 is 2.34 bits per heavy atom. The van der Waals surface area contributed by atoms with Gasteiger partial charge in [-0.05, 0) is 78.6 Å². The molecule has 0 aliphatic heterocycles. The van der Waals surface area contributed by atoms with Gasteiger partial charge in [0, 0.05) is 6.07 Å². The van der Waals surface area contributed by atoms with Crippen LogP contribution in [0.1, 0.15) is 31.1 Å². The summed E-state index contributed by atoms with van der Waals surface area (Å²) in [5.41, 5.74) is 6.16. The van der Waals surface area contributed by atoms with Crippen molar-refractivity contribution in [1.29, 1.82) is 0 Å². The number of rotatable bonds is 6. The molecule has 0 bridgehead atoms. The molecule has 0 saturated carbocycles. The standard InChI is InChI=1S/C29H25FN2O6/c1-18(4-10-24-14-15-27(36-24)37-25-12-8-23(30)9-13-25)32(29(31)34)38-28(33)19(2)20-5-6-22-17-26(35-3)11-7-21(22)16-20/h5-9,11-19H,1-3H3,(H2,31,34). The second kappa shape index (κ2) is 11.4. The van der Waals surface area contributed by atoms with Crippen LogP contribution in [0.2, 0.25) is 0 Å². The molecule has 0 fully saturated rings. The Bertz CT molecular complexity index is 1520. The van der Waals surface area contributed by atoms with Gasteiger partial charge >= 0.3 is 12.0 Å². The summed E-state index contributed by atoms with van der Waals surface area (Å²) in [6.45, 7) is 3.23. The maximum Gasteiger partial charge on any atom is 0.349 e. The average Bonchev–Trinajstić information content (AvgIpc) is 3.37. The normalized spacial score (nSPS) is 12.1. The van der Waals surface area contributed by atoms with E-state index in [0.717, 1.165) is 21.6 Å². The number of hydroxylamine groups is 2. The first-order valence-corrected chi connectivity index (χ1v) is 11.7. The van der Waals surface area contributed by atoms with Crippen molar-refractivity contribution < 1.29 is 32.7 Å². The predicted molar refractivity (Wildman–Crippen MR) is 138 cm³/mol. The molecule has 0 radical (unpaired) electrons. The molecule has 2 amide bonds. The lowest BCUT2D eigenvalue weighted by Crippen LogP contribution is -2.43. The van der Waals surface area contributed by atoms with E-state index in [4.69, 9.17) is 24.5 Å². The molecule has 2 unspecified atom stereocenters. The van der Waals surface area contributed by atoms with Gasteiger partial charge in [-0.15, -0.1) is 5.06 Å². The van der Waals surface area contributed by atoms with Gasteiger partial charge in [0.15, 0.2) is 5.76 Å². The minimum atomic E-state index is -0.974. The zero-order chi connectivity index (χ0) is 27.2. The smallest absolute Gasteiger partial charge is 0.349 e. The third kappa shape index (κ3) is 6.23. The zero-order valence-corrected chi connectivity index (χ0v) is 20.9. The molecule has 9 heteroatoms. The fourth-order valence-electron chi connectivity index (χ4n) is 3.56. The van der Waals surface area contributed by atoms with Crippen LogP contribution >= 0.6 is 0 Å². The Morgan fingerprint density at radius 2 is 1.63 bits per heavy atom.